The van der Waals surface area contributed by atoms with Crippen LogP contribution >= 0.6 is 0 Å². The number of hydrazine groups is 1. The molecule has 1 fully saturated rings. The van der Waals surface area contributed by atoms with Crippen molar-refractivity contribution in [3.8, 4) is 5.75 Å². The third-order valence-corrected chi connectivity index (χ3v) is 7.24. The highest BCUT2D eigenvalue weighted by Crippen LogP contribution is 2.26. The number of hydrogen-bond acceptors (Lipinski definition) is 7. The number of hydrogen-bond donors (Lipinski definition) is 1. The Bertz CT molecular complexity index is 871. The van der Waals surface area contributed by atoms with Crippen molar-refractivity contribution in [2.24, 2.45) is 17.7 Å². The van der Waals surface area contributed by atoms with E-state index in [0.29, 0.717) is 5.75 Å². The number of sulfone groups is 1. The molecule has 1 aromatic carbocycles. The van der Waals surface area contributed by atoms with Gasteiger partial charge in [-0.25, -0.2) is 14.3 Å². The van der Waals surface area contributed by atoms with Crippen molar-refractivity contribution in [2.75, 3.05) is 18.6 Å². The fourth-order valence-corrected chi connectivity index (χ4v) is 5.83. The van der Waals surface area contributed by atoms with Crippen LogP contribution in [0.5, 0.6) is 5.75 Å². The Kier molecular flexibility index (Phi) is 9.09. The summed E-state index contributed by atoms with van der Waals surface area (Å²) in [5.41, 5.74) is -0.146. The molecule has 1 aliphatic rings. The maximum absolute atomic E-state index is 13.1. The Hall–Kier alpha value is -2.13. The number of nitrogens with two attached hydrogens (primary N) is 1. The highest BCUT2D eigenvalue weighted by atomic mass is 32.2. The molecular weight excluding hydrogens is 432 g/mol. The zero-order chi connectivity index (χ0) is 23.9. The van der Waals surface area contributed by atoms with Crippen LogP contribution in [-0.2, 0) is 30.7 Å². The average Bonchev–Trinajstić information content (AvgIpc) is 2.71. The lowest BCUT2D eigenvalue weighted by Gasteiger charge is -2.27. The van der Waals surface area contributed by atoms with Crippen molar-refractivity contribution in [2.45, 2.75) is 65.0 Å². The smallest absolute Gasteiger partial charge is 0.320 e. The Labute approximate surface area is 191 Å². The second-order valence-corrected chi connectivity index (χ2v) is 11.6. The van der Waals surface area contributed by atoms with Gasteiger partial charge in [0.15, 0.2) is 15.8 Å². The molecule has 0 unspecified atom stereocenters. The number of esters is 1. The summed E-state index contributed by atoms with van der Waals surface area (Å²) in [5, 5.41) is 0.881. The van der Waals surface area contributed by atoms with Gasteiger partial charge in [-0.05, 0) is 57.2 Å². The first-order valence-corrected chi connectivity index (χ1v) is 12.8. The molecule has 0 heterocycles. The maximum Gasteiger partial charge on any atom is 0.320 e. The normalized spacial score (nSPS) is 16.3. The van der Waals surface area contributed by atoms with Crippen LogP contribution in [0.2, 0.25) is 0 Å². The standard InChI is InChI=1S/C23H36N2O6S/c1-23(2,3)31-22(27)20(16-32(28,29)15-18-8-6-5-7-9-18)21(26)25(24)14-17-10-12-19(30-4)13-11-17/h10-13,18,20H,5-9,14-16,24H2,1-4H3/t20-/m1/s1. The van der Waals surface area contributed by atoms with Crippen LogP contribution in [0.3, 0.4) is 0 Å². The van der Waals surface area contributed by atoms with Crippen LogP contribution in [0, 0.1) is 11.8 Å². The maximum atomic E-state index is 13.1. The SMILES string of the molecule is COc1ccc(CN(N)C(=O)[C@@H](CS(=O)(=O)CC2CCCCC2)C(=O)OC(C)(C)C)cc1. The lowest BCUT2D eigenvalue weighted by Crippen LogP contribution is -2.47. The van der Waals surface area contributed by atoms with E-state index in [0.717, 1.165) is 42.7 Å². The van der Waals surface area contributed by atoms with E-state index < -0.39 is 39.0 Å². The summed E-state index contributed by atoms with van der Waals surface area (Å²) in [6, 6.07) is 6.95. The molecule has 0 aliphatic heterocycles. The first-order chi connectivity index (χ1) is 14.9. The van der Waals surface area contributed by atoms with Gasteiger partial charge in [0.25, 0.3) is 5.91 Å². The van der Waals surface area contributed by atoms with Crippen LogP contribution in [0.15, 0.2) is 24.3 Å². The van der Waals surface area contributed by atoms with E-state index in [4.69, 9.17) is 15.3 Å². The first-order valence-electron chi connectivity index (χ1n) is 11.0. The van der Waals surface area contributed by atoms with E-state index in [1.165, 1.54) is 0 Å². The van der Waals surface area contributed by atoms with Crippen molar-refractivity contribution >= 4 is 21.7 Å². The van der Waals surface area contributed by atoms with Gasteiger partial charge in [-0.15, -0.1) is 0 Å². The van der Waals surface area contributed by atoms with Crippen molar-refractivity contribution in [3.63, 3.8) is 0 Å². The highest BCUT2D eigenvalue weighted by molar-refractivity contribution is 7.91. The molecule has 0 bridgehead atoms. The van der Waals surface area contributed by atoms with Gasteiger partial charge >= 0.3 is 5.97 Å². The number of nitrogens with zero attached hydrogens (tertiary/aromatic N) is 1. The van der Waals surface area contributed by atoms with Gasteiger partial charge in [-0.3, -0.25) is 14.6 Å². The fourth-order valence-electron chi connectivity index (χ4n) is 3.85. The zero-order valence-electron chi connectivity index (χ0n) is 19.5. The van der Waals surface area contributed by atoms with Crippen LogP contribution in [0.25, 0.3) is 0 Å². The van der Waals surface area contributed by atoms with E-state index in [2.05, 4.69) is 0 Å². The summed E-state index contributed by atoms with van der Waals surface area (Å²) >= 11 is 0. The van der Waals surface area contributed by atoms with Gasteiger partial charge in [-0.1, -0.05) is 31.4 Å². The molecule has 1 aliphatic carbocycles. The molecule has 1 atom stereocenters. The Morgan fingerprint density at radius 2 is 1.72 bits per heavy atom. The van der Waals surface area contributed by atoms with E-state index in [-0.39, 0.29) is 18.2 Å². The predicted molar refractivity (Wildman–Crippen MR) is 122 cm³/mol. The van der Waals surface area contributed by atoms with Crippen LogP contribution in [0.4, 0.5) is 0 Å². The number of benzene rings is 1. The average molecular weight is 469 g/mol. The molecule has 8 nitrogen and oxygen atoms in total. The van der Waals surface area contributed by atoms with E-state index in [9.17, 15) is 18.0 Å². The van der Waals surface area contributed by atoms with Crippen LogP contribution < -0.4 is 10.6 Å². The summed E-state index contributed by atoms with van der Waals surface area (Å²) in [5.74, 6) is 2.91. The summed E-state index contributed by atoms with van der Waals surface area (Å²) in [6.45, 7) is 5.02. The highest BCUT2D eigenvalue weighted by Gasteiger charge is 2.38. The van der Waals surface area contributed by atoms with Crippen molar-refractivity contribution < 1.29 is 27.5 Å². The minimum Gasteiger partial charge on any atom is -0.497 e. The minimum atomic E-state index is -3.66. The summed E-state index contributed by atoms with van der Waals surface area (Å²) in [4.78, 5) is 25.9. The van der Waals surface area contributed by atoms with E-state index in [1.54, 1.807) is 52.1 Å². The summed E-state index contributed by atoms with van der Waals surface area (Å²) in [6.07, 6.45) is 4.83. The Morgan fingerprint density at radius 3 is 2.25 bits per heavy atom. The third kappa shape index (κ3) is 8.43. The molecule has 9 heteroatoms. The predicted octanol–water partition coefficient (Wildman–Crippen LogP) is 2.85. The number of carbonyl (C=O) groups excluding carboxylic acids is 2. The third-order valence-electron chi connectivity index (χ3n) is 5.42. The van der Waals surface area contributed by atoms with Gasteiger partial charge in [0.05, 0.1) is 25.2 Å². The molecule has 1 saturated carbocycles. The molecule has 0 aromatic heterocycles. The molecule has 1 amide bonds. The van der Waals surface area contributed by atoms with Gasteiger partial charge in [0, 0.05) is 0 Å². The number of carbonyl (C=O) groups is 2. The van der Waals surface area contributed by atoms with Crippen LogP contribution in [-0.4, -0.2) is 49.5 Å². The monoisotopic (exact) mass is 468 g/mol. The van der Waals surface area contributed by atoms with E-state index in [1.807, 2.05) is 0 Å². The number of rotatable bonds is 9. The summed E-state index contributed by atoms with van der Waals surface area (Å²) in [7, 11) is -2.11. The number of methoxy groups -OCH3 is 1. The summed E-state index contributed by atoms with van der Waals surface area (Å²) < 4.78 is 36.3. The van der Waals surface area contributed by atoms with Gasteiger partial charge < -0.3 is 9.47 Å². The molecule has 180 valence electrons. The largest absolute Gasteiger partial charge is 0.497 e. The Morgan fingerprint density at radius 1 is 1.12 bits per heavy atom. The molecule has 0 spiro atoms. The van der Waals surface area contributed by atoms with Crippen molar-refractivity contribution in [3.05, 3.63) is 29.8 Å². The number of amides is 1. The molecule has 0 saturated heterocycles. The zero-order valence-corrected chi connectivity index (χ0v) is 20.3. The topological polar surface area (TPSA) is 116 Å². The molecule has 2 rings (SSSR count). The van der Waals surface area contributed by atoms with Gasteiger partial charge in [0.2, 0.25) is 0 Å². The quantitative estimate of drug-likeness (QED) is 0.195. The second kappa shape index (κ2) is 11.1. The molecule has 0 radical (unpaired) electrons. The molecule has 1 aromatic rings. The number of ether oxygens (including phenoxy) is 2. The Balaban J connectivity index is 2.16. The van der Waals surface area contributed by atoms with Crippen molar-refractivity contribution in [1.29, 1.82) is 0 Å². The van der Waals surface area contributed by atoms with Crippen molar-refractivity contribution in [1.82, 2.24) is 5.01 Å². The molecule has 2 N–H and O–H groups in total. The van der Waals surface area contributed by atoms with Gasteiger partial charge in [-0.2, -0.15) is 0 Å². The lowest BCUT2D eigenvalue weighted by atomic mass is 9.91. The molecule has 32 heavy (non-hydrogen) atoms. The lowest BCUT2D eigenvalue weighted by molar-refractivity contribution is -0.164. The molecular formula is C23H36N2O6S. The van der Waals surface area contributed by atoms with Crippen LogP contribution in [0.1, 0.15) is 58.4 Å². The van der Waals surface area contributed by atoms with Gasteiger partial charge in [0.1, 0.15) is 11.4 Å². The first kappa shape index (κ1) is 26.1. The fraction of sp³-hybridized carbons (Fsp3) is 0.652. The second-order valence-electron chi connectivity index (χ2n) is 9.48. The minimum absolute atomic E-state index is 0.0186. The van der Waals surface area contributed by atoms with E-state index >= 15 is 0 Å².